The molecule has 38 heavy (non-hydrogen) atoms. The molecular weight excluding hydrogens is 484 g/mol. The van der Waals surface area contributed by atoms with Crippen LogP contribution in [0.4, 0.5) is 0 Å². The lowest BCUT2D eigenvalue weighted by molar-refractivity contribution is -0.135. The molecule has 0 unspecified atom stereocenters. The van der Waals surface area contributed by atoms with Crippen LogP contribution in [0.15, 0.2) is 59.9 Å². The number of benzene rings is 3. The van der Waals surface area contributed by atoms with Crippen LogP contribution in [0.25, 0.3) is 0 Å². The molecule has 0 radical (unpaired) electrons. The Hall–Kier alpha value is -4.26. The smallest absolute Gasteiger partial charge is 0.312 e. The molecule has 0 aliphatic carbocycles. The predicted octanol–water partition coefficient (Wildman–Crippen LogP) is 5.56. The number of hydrogen-bond donors (Lipinski definition) is 0. The van der Waals surface area contributed by atoms with Gasteiger partial charge in [-0.05, 0) is 66.4 Å². The summed E-state index contributed by atoms with van der Waals surface area (Å²) in [5, 5.41) is 0. The van der Waals surface area contributed by atoms with Crippen molar-refractivity contribution in [1.29, 1.82) is 0 Å². The summed E-state index contributed by atoms with van der Waals surface area (Å²) in [6, 6.07) is 15.3. The predicted molar refractivity (Wildman–Crippen MR) is 140 cm³/mol. The van der Waals surface area contributed by atoms with E-state index in [0.29, 0.717) is 46.5 Å². The molecule has 3 aromatic rings. The number of rotatable bonds is 6. The fraction of sp³-hybridized carbons (Fsp3) is 0.290. The molecule has 0 spiro atoms. The maximum Gasteiger partial charge on any atom is 0.312 e. The van der Waals surface area contributed by atoms with E-state index < -0.39 is 0 Å². The maximum atomic E-state index is 12.9. The Balaban J connectivity index is 1.30. The minimum absolute atomic E-state index is 0.119. The zero-order valence-electron chi connectivity index (χ0n) is 21.6. The van der Waals surface area contributed by atoms with Gasteiger partial charge in [0.1, 0.15) is 17.2 Å². The monoisotopic (exact) mass is 512 g/mol. The van der Waals surface area contributed by atoms with Crippen LogP contribution in [0, 0.1) is 0 Å². The molecule has 0 saturated heterocycles. The standard InChI is InChI=1S/C31H28O7/c1-17(2)30-29(33)21-6-9-25-28(31(21)38-30)22(16-27(32)37-25)19-5-8-24(34-3)26(15-19)36-12-10-18-4-7-23-20(14-18)11-13-35-23/h4-9,14-15,22H,10-13,16H2,1-3H3/t22-/m0/s1. The highest BCUT2D eigenvalue weighted by atomic mass is 16.5. The second-order valence-corrected chi connectivity index (χ2v) is 9.89. The van der Waals surface area contributed by atoms with Gasteiger partial charge in [-0.1, -0.05) is 18.2 Å². The van der Waals surface area contributed by atoms with E-state index in [1.54, 1.807) is 19.2 Å². The molecule has 0 fully saturated rings. The second-order valence-electron chi connectivity index (χ2n) is 9.89. The van der Waals surface area contributed by atoms with Gasteiger partial charge >= 0.3 is 5.97 Å². The number of esters is 1. The van der Waals surface area contributed by atoms with Crippen LogP contribution in [0.1, 0.15) is 58.8 Å². The number of methoxy groups -OCH3 is 1. The lowest BCUT2D eigenvalue weighted by Gasteiger charge is -2.27. The van der Waals surface area contributed by atoms with Gasteiger partial charge in [0.2, 0.25) is 5.78 Å². The SMILES string of the molecule is COc1ccc([C@@H]2CC(=O)Oc3ccc4c(c32)OC(=C(C)C)C4=O)cc1OCCc1ccc2c(c1)CCO2. The first-order chi connectivity index (χ1) is 18.4. The van der Waals surface area contributed by atoms with E-state index in [4.69, 9.17) is 23.7 Å². The quantitative estimate of drug-likeness (QED) is 0.243. The van der Waals surface area contributed by atoms with Crippen molar-refractivity contribution in [3.05, 3.63) is 87.7 Å². The van der Waals surface area contributed by atoms with Crippen LogP contribution in [0.5, 0.6) is 28.7 Å². The zero-order valence-corrected chi connectivity index (χ0v) is 21.6. The Labute approximate surface area is 220 Å². The number of hydrogen-bond acceptors (Lipinski definition) is 7. The van der Waals surface area contributed by atoms with Gasteiger partial charge in [0.15, 0.2) is 17.3 Å². The molecule has 3 aliphatic heterocycles. The van der Waals surface area contributed by atoms with Crippen molar-refractivity contribution < 1.29 is 33.3 Å². The number of carbonyl (C=O) groups excluding carboxylic acids is 2. The van der Waals surface area contributed by atoms with E-state index in [0.717, 1.165) is 36.3 Å². The fourth-order valence-electron chi connectivity index (χ4n) is 5.30. The number of allylic oxidation sites excluding steroid dienone is 2. The van der Waals surface area contributed by atoms with Gasteiger partial charge in [-0.2, -0.15) is 0 Å². The van der Waals surface area contributed by atoms with Crippen molar-refractivity contribution in [3.63, 3.8) is 0 Å². The van der Waals surface area contributed by atoms with Gasteiger partial charge in [0.25, 0.3) is 0 Å². The number of ether oxygens (including phenoxy) is 5. The molecule has 3 aliphatic rings. The van der Waals surface area contributed by atoms with E-state index in [1.165, 1.54) is 11.1 Å². The van der Waals surface area contributed by atoms with Gasteiger partial charge < -0.3 is 23.7 Å². The summed E-state index contributed by atoms with van der Waals surface area (Å²) in [5.41, 5.74) is 5.23. The first-order valence-electron chi connectivity index (χ1n) is 12.8. The van der Waals surface area contributed by atoms with Crippen LogP contribution in [0.3, 0.4) is 0 Å². The minimum Gasteiger partial charge on any atom is -0.493 e. The van der Waals surface area contributed by atoms with Gasteiger partial charge in [0, 0.05) is 24.3 Å². The zero-order chi connectivity index (χ0) is 26.4. The van der Waals surface area contributed by atoms with E-state index in [-0.39, 0.29) is 24.1 Å². The molecule has 0 N–H and O–H groups in total. The van der Waals surface area contributed by atoms with E-state index in [9.17, 15) is 9.59 Å². The average molecular weight is 513 g/mol. The molecule has 0 bridgehead atoms. The topological polar surface area (TPSA) is 80.3 Å². The van der Waals surface area contributed by atoms with Gasteiger partial charge in [-0.25, -0.2) is 0 Å². The maximum absolute atomic E-state index is 12.9. The van der Waals surface area contributed by atoms with Crippen LogP contribution >= 0.6 is 0 Å². The number of ketones is 1. The van der Waals surface area contributed by atoms with E-state index in [2.05, 4.69) is 12.1 Å². The molecule has 0 amide bonds. The third-order valence-electron chi connectivity index (χ3n) is 7.20. The summed E-state index contributed by atoms with van der Waals surface area (Å²) < 4.78 is 29.0. The minimum atomic E-state index is -0.365. The summed E-state index contributed by atoms with van der Waals surface area (Å²) in [6.07, 6.45) is 1.78. The first kappa shape index (κ1) is 24.1. The molecule has 0 saturated carbocycles. The Morgan fingerprint density at radius 2 is 1.82 bits per heavy atom. The highest BCUT2D eigenvalue weighted by molar-refractivity contribution is 6.13. The molecule has 7 nitrogen and oxygen atoms in total. The Bertz CT molecular complexity index is 1500. The largest absolute Gasteiger partial charge is 0.493 e. The van der Waals surface area contributed by atoms with Gasteiger partial charge in [-0.15, -0.1) is 0 Å². The molecule has 6 rings (SSSR count). The highest BCUT2D eigenvalue weighted by Gasteiger charge is 2.39. The molecule has 3 aromatic carbocycles. The van der Waals surface area contributed by atoms with E-state index in [1.807, 2.05) is 38.1 Å². The van der Waals surface area contributed by atoms with Crippen molar-refractivity contribution >= 4 is 11.8 Å². The summed E-state index contributed by atoms with van der Waals surface area (Å²) in [5.74, 6) is 2.48. The summed E-state index contributed by atoms with van der Waals surface area (Å²) in [4.78, 5) is 25.5. The van der Waals surface area contributed by atoms with E-state index >= 15 is 0 Å². The normalized spacial score (nSPS) is 17.1. The van der Waals surface area contributed by atoms with Crippen molar-refractivity contribution in [1.82, 2.24) is 0 Å². The summed E-state index contributed by atoms with van der Waals surface area (Å²) in [7, 11) is 1.60. The fourth-order valence-corrected chi connectivity index (χ4v) is 5.30. The van der Waals surface area contributed by atoms with Gasteiger partial charge in [0.05, 0.1) is 32.3 Å². The highest BCUT2D eigenvalue weighted by Crippen LogP contribution is 2.50. The Morgan fingerprint density at radius 1 is 0.974 bits per heavy atom. The second kappa shape index (κ2) is 9.56. The van der Waals surface area contributed by atoms with Crippen molar-refractivity contribution in [2.75, 3.05) is 20.3 Å². The average Bonchev–Trinajstić information content (AvgIpc) is 3.52. The first-order valence-corrected chi connectivity index (χ1v) is 12.8. The van der Waals surface area contributed by atoms with Gasteiger partial charge in [-0.3, -0.25) is 9.59 Å². The third kappa shape index (κ3) is 4.18. The molecule has 1 atom stereocenters. The Kier molecular flexibility index (Phi) is 6.06. The molecule has 0 aromatic heterocycles. The van der Waals surface area contributed by atoms with Crippen LogP contribution in [0.2, 0.25) is 0 Å². The van der Waals surface area contributed by atoms with Crippen molar-refractivity contribution in [3.8, 4) is 28.7 Å². The molecular formula is C31H28O7. The third-order valence-corrected chi connectivity index (χ3v) is 7.20. The summed E-state index contributed by atoms with van der Waals surface area (Å²) in [6.45, 7) is 4.87. The van der Waals surface area contributed by atoms with Crippen molar-refractivity contribution in [2.45, 2.75) is 39.0 Å². The molecule has 3 heterocycles. The number of Topliss-reactive ketones (excluding diaryl/α,β-unsaturated/α-hetero) is 1. The summed E-state index contributed by atoms with van der Waals surface area (Å²) >= 11 is 0. The Morgan fingerprint density at radius 3 is 2.63 bits per heavy atom. The molecule has 7 heteroatoms. The van der Waals surface area contributed by atoms with Crippen LogP contribution < -0.4 is 23.7 Å². The lowest BCUT2D eigenvalue weighted by Crippen LogP contribution is -2.21. The number of fused-ring (bicyclic) bond motifs is 4. The van der Waals surface area contributed by atoms with Crippen LogP contribution in [-0.4, -0.2) is 32.1 Å². The van der Waals surface area contributed by atoms with Crippen LogP contribution in [-0.2, 0) is 17.6 Å². The molecule has 194 valence electrons. The number of carbonyl (C=O) groups is 2. The lowest BCUT2D eigenvalue weighted by atomic mass is 9.84. The van der Waals surface area contributed by atoms with Crippen molar-refractivity contribution in [2.24, 2.45) is 0 Å².